The summed E-state index contributed by atoms with van der Waals surface area (Å²) in [7, 11) is 2.99. The number of hydrogen-bond donors (Lipinski definition) is 0. The maximum Gasteiger partial charge on any atom is 0.356 e. The van der Waals surface area contributed by atoms with Crippen molar-refractivity contribution in [3.05, 3.63) is 11.8 Å². The molecule has 1 atom stereocenters. The van der Waals surface area contributed by atoms with Gasteiger partial charge in [-0.2, -0.15) is 0 Å². The molecule has 0 spiro atoms. The predicted molar refractivity (Wildman–Crippen MR) is 69.6 cm³/mol. The van der Waals surface area contributed by atoms with Gasteiger partial charge in [0, 0.05) is 19.7 Å². The molecular weight excluding hydrogens is 264 g/mol. The van der Waals surface area contributed by atoms with Crippen LogP contribution in [0.2, 0.25) is 0 Å². The fraction of sp³-hybridized carbons (Fsp3) is 0.692. The van der Waals surface area contributed by atoms with Gasteiger partial charge in [-0.05, 0) is 19.3 Å². The van der Waals surface area contributed by atoms with Crippen molar-refractivity contribution < 1.29 is 23.7 Å². The Morgan fingerprint density at radius 2 is 2.35 bits per heavy atom. The van der Waals surface area contributed by atoms with E-state index < -0.39 is 5.97 Å². The highest BCUT2D eigenvalue weighted by Crippen LogP contribution is 2.14. The van der Waals surface area contributed by atoms with E-state index >= 15 is 0 Å². The van der Waals surface area contributed by atoms with E-state index in [9.17, 15) is 4.79 Å². The van der Waals surface area contributed by atoms with E-state index in [2.05, 4.69) is 9.84 Å². The number of rotatable bonds is 6. The summed E-state index contributed by atoms with van der Waals surface area (Å²) in [5.74, 6) is -0.0669. The topological polar surface area (TPSA) is 71.8 Å². The predicted octanol–water partition coefficient (Wildman–Crippen LogP) is 1.13. The number of ether oxygens (including phenoxy) is 4. The molecule has 0 N–H and O–H groups in total. The summed E-state index contributed by atoms with van der Waals surface area (Å²) in [6, 6.07) is 1.54. The molecule has 1 aromatic rings. The number of esters is 1. The van der Waals surface area contributed by atoms with Crippen molar-refractivity contribution in [3.63, 3.8) is 0 Å². The van der Waals surface area contributed by atoms with Gasteiger partial charge in [0.1, 0.15) is 12.3 Å². The lowest BCUT2D eigenvalue weighted by Gasteiger charge is -2.22. The summed E-state index contributed by atoms with van der Waals surface area (Å²) in [6.07, 6.45) is 3.03. The maximum absolute atomic E-state index is 11.4. The van der Waals surface area contributed by atoms with Gasteiger partial charge in [-0.25, -0.2) is 4.79 Å². The molecule has 0 aromatic carbocycles. The van der Waals surface area contributed by atoms with Crippen LogP contribution < -0.4 is 4.74 Å². The number of carbonyl (C=O) groups is 1. The van der Waals surface area contributed by atoms with Gasteiger partial charge >= 0.3 is 5.97 Å². The van der Waals surface area contributed by atoms with Gasteiger partial charge in [0.25, 0.3) is 0 Å². The molecule has 0 radical (unpaired) electrons. The molecule has 0 amide bonds. The highest BCUT2D eigenvalue weighted by Gasteiger charge is 2.15. The van der Waals surface area contributed by atoms with Crippen LogP contribution in [0, 0.1) is 0 Å². The molecular formula is C13H20N2O5. The van der Waals surface area contributed by atoms with Crippen LogP contribution in [0.1, 0.15) is 29.8 Å². The second kappa shape index (κ2) is 7.25. The lowest BCUT2D eigenvalue weighted by molar-refractivity contribution is -0.165. The van der Waals surface area contributed by atoms with E-state index in [-0.39, 0.29) is 6.29 Å². The zero-order valence-corrected chi connectivity index (χ0v) is 11.8. The molecule has 1 saturated heterocycles. The van der Waals surface area contributed by atoms with Crippen LogP contribution in [0.3, 0.4) is 0 Å². The Kier molecular flexibility index (Phi) is 5.37. The molecule has 0 bridgehead atoms. The largest absolute Gasteiger partial charge is 0.474 e. The molecule has 1 fully saturated rings. The first-order valence-corrected chi connectivity index (χ1v) is 6.69. The number of carbonyl (C=O) groups excluding carboxylic acids is 1. The molecule has 7 nitrogen and oxygen atoms in total. The first-order valence-electron chi connectivity index (χ1n) is 6.69. The summed E-state index contributed by atoms with van der Waals surface area (Å²) < 4.78 is 22.5. The van der Waals surface area contributed by atoms with E-state index in [4.69, 9.17) is 14.2 Å². The lowest BCUT2D eigenvalue weighted by atomic mass is 10.2. The average molecular weight is 284 g/mol. The van der Waals surface area contributed by atoms with Crippen molar-refractivity contribution in [2.75, 3.05) is 26.9 Å². The Bertz CT molecular complexity index is 440. The third-order valence-electron chi connectivity index (χ3n) is 3.03. The summed E-state index contributed by atoms with van der Waals surface area (Å²) >= 11 is 0. The monoisotopic (exact) mass is 284 g/mol. The quantitative estimate of drug-likeness (QED) is 0.576. The zero-order valence-electron chi connectivity index (χ0n) is 11.8. The van der Waals surface area contributed by atoms with Gasteiger partial charge in [-0.3, -0.25) is 4.68 Å². The Morgan fingerprint density at radius 1 is 1.50 bits per heavy atom. The van der Waals surface area contributed by atoms with Gasteiger partial charge in [0.15, 0.2) is 6.29 Å². The summed E-state index contributed by atoms with van der Waals surface area (Å²) in [4.78, 5) is 11.4. The molecule has 1 unspecified atom stereocenters. The van der Waals surface area contributed by atoms with E-state index in [0.29, 0.717) is 24.8 Å². The molecule has 20 heavy (non-hydrogen) atoms. The summed E-state index contributed by atoms with van der Waals surface area (Å²) in [6.45, 7) is 1.54. The smallest absolute Gasteiger partial charge is 0.356 e. The van der Waals surface area contributed by atoms with Crippen molar-refractivity contribution in [3.8, 4) is 5.88 Å². The first-order chi connectivity index (χ1) is 9.70. The molecule has 7 heteroatoms. The minimum atomic E-state index is -0.443. The van der Waals surface area contributed by atoms with E-state index in [0.717, 1.165) is 25.9 Å². The number of aryl methyl sites for hydroxylation is 1. The lowest BCUT2D eigenvalue weighted by Crippen LogP contribution is -2.24. The Balaban J connectivity index is 1.72. The molecule has 112 valence electrons. The molecule has 1 aliphatic heterocycles. The van der Waals surface area contributed by atoms with Crippen molar-refractivity contribution >= 4 is 5.97 Å². The Labute approximate surface area is 117 Å². The minimum Gasteiger partial charge on any atom is -0.474 e. The van der Waals surface area contributed by atoms with Crippen molar-refractivity contribution in [2.24, 2.45) is 7.05 Å². The van der Waals surface area contributed by atoms with E-state index in [1.807, 2.05) is 0 Å². The van der Waals surface area contributed by atoms with Crippen molar-refractivity contribution in [1.82, 2.24) is 9.78 Å². The van der Waals surface area contributed by atoms with Crippen LogP contribution in [0.25, 0.3) is 0 Å². The Morgan fingerprint density at radius 3 is 3.05 bits per heavy atom. The van der Waals surface area contributed by atoms with Crippen LogP contribution in [0.5, 0.6) is 5.88 Å². The van der Waals surface area contributed by atoms with Crippen LogP contribution in [-0.4, -0.2) is 49.0 Å². The fourth-order valence-corrected chi connectivity index (χ4v) is 1.98. The van der Waals surface area contributed by atoms with Crippen LogP contribution >= 0.6 is 0 Å². The maximum atomic E-state index is 11.4. The molecule has 0 aliphatic carbocycles. The number of nitrogens with zero attached hydrogens (tertiary/aromatic N) is 2. The van der Waals surface area contributed by atoms with Crippen LogP contribution in [0.4, 0.5) is 0 Å². The Hall–Kier alpha value is -1.60. The zero-order chi connectivity index (χ0) is 14.4. The number of aromatic nitrogens is 2. The van der Waals surface area contributed by atoms with Gasteiger partial charge in [0.05, 0.1) is 13.7 Å². The third-order valence-corrected chi connectivity index (χ3v) is 3.03. The molecule has 2 rings (SSSR count). The second-order valence-electron chi connectivity index (χ2n) is 4.50. The van der Waals surface area contributed by atoms with E-state index in [1.165, 1.54) is 11.8 Å². The summed E-state index contributed by atoms with van der Waals surface area (Å²) in [5.41, 5.74) is 0.346. The third kappa shape index (κ3) is 3.94. The van der Waals surface area contributed by atoms with Gasteiger partial charge in [0.2, 0.25) is 5.88 Å². The minimum absolute atomic E-state index is 0.123. The number of methoxy groups -OCH3 is 1. The van der Waals surface area contributed by atoms with Gasteiger partial charge in [-0.1, -0.05) is 0 Å². The fourth-order valence-electron chi connectivity index (χ4n) is 1.98. The van der Waals surface area contributed by atoms with E-state index in [1.54, 1.807) is 13.1 Å². The highest BCUT2D eigenvalue weighted by molar-refractivity contribution is 5.87. The van der Waals surface area contributed by atoms with Crippen molar-refractivity contribution in [2.45, 2.75) is 25.6 Å². The number of hydrogen-bond acceptors (Lipinski definition) is 6. The molecule has 1 aliphatic rings. The van der Waals surface area contributed by atoms with Crippen molar-refractivity contribution in [1.29, 1.82) is 0 Å². The van der Waals surface area contributed by atoms with Crippen LogP contribution in [0.15, 0.2) is 6.07 Å². The molecule has 0 saturated carbocycles. The normalized spacial score (nSPS) is 18.8. The highest BCUT2D eigenvalue weighted by atomic mass is 16.7. The summed E-state index contributed by atoms with van der Waals surface area (Å²) in [5, 5.41) is 4.07. The first kappa shape index (κ1) is 14.8. The SMILES string of the molecule is COC(=O)c1cc(OCCOC2CCCCO2)nn1C. The average Bonchev–Trinajstić information content (AvgIpc) is 2.85. The van der Waals surface area contributed by atoms with Gasteiger partial charge < -0.3 is 18.9 Å². The second-order valence-corrected chi connectivity index (χ2v) is 4.50. The molecule has 1 aromatic heterocycles. The van der Waals surface area contributed by atoms with Gasteiger partial charge in [-0.15, -0.1) is 5.10 Å². The molecule has 2 heterocycles. The van der Waals surface area contributed by atoms with Crippen LogP contribution in [-0.2, 0) is 21.3 Å². The standard InChI is InChI=1S/C13H20N2O5/c1-15-10(13(16)17-2)9-11(14-15)18-7-8-20-12-5-3-4-6-19-12/h9,12H,3-8H2,1-2H3.